The van der Waals surface area contributed by atoms with Crippen LogP contribution < -0.4 is 10.6 Å². The van der Waals surface area contributed by atoms with Crippen molar-refractivity contribution in [3.8, 4) is 0 Å². The number of benzene rings is 1. The fourth-order valence-electron chi connectivity index (χ4n) is 1.26. The molecule has 1 aromatic rings. The Morgan fingerprint density at radius 2 is 2.13 bits per heavy atom. The van der Waals surface area contributed by atoms with E-state index >= 15 is 0 Å². The standard InChI is InChI=1S/C11H15ClN2O/c1-13-10-6-3-2-5-9(10)11(15)14-8-4-7-12/h2-3,5-6,13H,4,7-8H2,1H3,(H,14,15). The molecule has 0 fully saturated rings. The molecule has 1 aromatic carbocycles. The van der Waals surface area contributed by atoms with E-state index in [0.29, 0.717) is 18.0 Å². The lowest BCUT2D eigenvalue weighted by molar-refractivity contribution is 0.0954. The summed E-state index contributed by atoms with van der Waals surface area (Å²) in [5.74, 6) is 0.499. The van der Waals surface area contributed by atoms with Crippen LogP contribution in [0.25, 0.3) is 0 Å². The number of anilines is 1. The fraction of sp³-hybridized carbons (Fsp3) is 0.364. The highest BCUT2D eigenvalue weighted by Gasteiger charge is 2.08. The van der Waals surface area contributed by atoms with Crippen molar-refractivity contribution in [2.24, 2.45) is 0 Å². The normalized spacial score (nSPS) is 9.73. The molecule has 0 saturated heterocycles. The Hall–Kier alpha value is -1.22. The predicted octanol–water partition coefficient (Wildman–Crippen LogP) is 2.09. The molecule has 0 unspecified atom stereocenters. The van der Waals surface area contributed by atoms with E-state index in [1.54, 1.807) is 13.1 Å². The largest absolute Gasteiger partial charge is 0.387 e. The number of para-hydroxylation sites is 1. The molecule has 82 valence electrons. The SMILES string of the molecule is CNc1ccccc1C(=O)NCCCCl. The van der Waals surface area contributed by atoms with Crippen LogP contribution in [0.3, 0.4) is 0 Å². The molecule has 15 heavy (non-hydrogen) atoms. The molecule has 0 aliphatic carbocycles. The van der Waals surface area contributed by atoms with Gasteiger partial charge in [-0.1, -0.05) is 12.1 Å². The summed E-state index contributed by atoms with van der Waals surface area (Å²) in [4.78, 5) is 11.7. The minimum absolute atomic E-state index is 0.0648. The third-order valence-electron chi connectivity index (χ3n) is 2.04. The van der Waals surface area contributed by atoms with E-state index in [0.717, 1.165) is 12.1 Å². The first-order chi connectivity index (χ1) is 7.29. The number of halogens is 1. The zero-order valence-electron chi connectivity index (χ0n) is 8.72. The van der Waals surface area contributed by atoms with Gasteiger partial charge in [0.1, 0.15) is 0 Å². The van der Waals surface area contributed by atoms with Gasteiger partial charge in [0.25, 0.3) is 5.91 Å². The Kier molecular flexibility index (Phi) is 4.98. The highest BCUT2D eigenvalue weighted by atomic mass is 35.5. The summed E-state index contributed by atoms with van der Waals surface area (Å²) in [5, 5.41) is 5.79. The Labute approximate surface area is 94.8 Å². The Balaban J connectivity index is 2.64. The molecule has 4 heteroatoms. The number of hydrogen-bond donors (Lipinski definition) is 2. The number of amides is 1. The van der Waals surface area contributed by atoms with E-state index in [2.05, 4.69) is 10.6 Å². The molecule has 0 aliphatic rings. The second kappa shape index (κ2) is 6.30. The lowest BCUT2D eigenvalue weighted by Gasteiger charge is -2.08. The van der Waals surface area contributed by atoms with Crippen molar-refractivity contribution in [2.75, 3.05) is 24.8 Å². The van der Waals surface area contributed by atoms with Gasteiger partial charge in [-0.2, -0.15) is 0 Å². The molecule has 0 aliphatic heterocycles. The maximum absolute atomic E-state index is 11.7. The van der Waals surface area contributed by atoms with E-state index < -0.39 is 0 Å². The molecule has 0 saturated carbocycles. The van der Waals surface area contributed by atoms with Gasteiger partial charge in [0.2, 0.25) is 0 Å². The second-order valence-corrected chi connectivity index (χ2v) is 3.47. The van der Waals surface area contributed by atoms with E-state index in [-0.39, 0.29) is 5.91 Å². The van der Waals surface area contributed by atoms with Gasteiger partial charge in [-0.3, -0.25) is 4.79 Å². The van der Waals surface area contributed by atoms with Crippen LogP contribution in [0.15, 0.2) is 24.3 Å². The van der Waals surface area contributed by atoms with Gasteiger partial charge in [-0.15, -0.1) is 11.6 Å². The van der Waals surface area contributed by atoms with Crippen LogP contribution in [0.4, 0.5) is 5.69 Å². The zero-order valence-corrected chi connectivity index (χ0v) is 9.47. The predicted molar refractivity (Wildman–Crippen MR) is 63.7 cm³/mol. The second-order valence-electron chi connectivity index (χ2n) is 3.09. The molecule has 0 heterocycles. The van der Waals surface area contributed by atoms with Crippen LogP contribution in [0.1, 0.15) is 16.8 Å². The molecule has 3 nitrogen and oxygen atoms in total. The first-order valence-electron chi connectivity index (χ1n) is 4.90. The summed E-state index contributed by atoms with van der Waals surface area (Å²) < 4.78 is 0. The van der Waals surface area contributed by atoms with Crippen LogP contribution in [0.5, 0.6) is 0 Å². The maximum Gasteiger partial charge on any atom is 0.253 e. The molecule has 2 N–H and O–H groups in total. The average molecular weight is 227 g/mol. The third kappa shape index (κ3) is 3.44. The Morgan fingerprint density at radius 1 is 1.40 bits per heavy atom. The average Bonchev–Trinajstić information content (AvgIpc) is 2.29. The van der Waals surface area contributed by atoms with Gasteiger partial charge in [-0.05, 0) is 18.6 Å². The molecular weight excluding hydrogens is 212 g/mol. The quantitative estimate of drug-likeness (QED) is 0.596. The number of carbonyl (C=O) groups is 1. The summed E-state index contributed by atoms with van der Waals surface area (Å²) >= 11 is 5.53. The molecule has 1 rings (SSSR count). The van der Waals surface area contributed by atoms with E-state index in [1.807, 2.05) is 18.2 Å². The van der Waals surface area contributed by atoms with Gasteiger partial charge in [-0.25, -0.2) is 0 Å². The topological polar surface area (TPSA) is 41.1 Å². The van der Waals surface area contributed by atoms with E-state index in [9.17, 15) is 4.79 Å². The molecule has 0 aromatic heterocycles. The minimum atomic E-state index is -0.0648. The monoisotopic (exact) mass is 226 g/mol. The number of rotatable bonds is 5. The van der Waals surface area contributed by atoms with Crippen molar-refractivity contribution >= 4 is 23.2 Å². The van der Waals surface area contributed by atoms with E-state index in [4.69, 9.17) is 11.6 Å². The third-order valence-corrected chi connectivity index (χ3v) is 2.30. The van der Waals surface area contributed by atoms with Gasteiger partial charge < -0.3 is 10.6 Å². The number of nitrogens with one attached hydrogen (secondary N) is 2. The van der Waals surface area contributed by atoms with Crippen LogP contribution in [-0.2, 0) is 0 Å². The molecule has 0 spiro atoms. The minimum Gasteiger partial charge on any atom is -0.387 e. The smallest absolute Gasteiger partial charge is 0.253 e. The zero-order chi connectivity index (χ0) is 11.1. The molecule has 0 bridgehead atoms. The number of carbonyl (C=O) groups excluding carboxylic acids is 1. The van der Waals surface area contributed by atoms with Crippen LogP contribution >= 0.6 is 11.6 Å². The van der Waals surface area contributed by atoms with Crippen molar-refractivity contribution in [1.29, 1.82) is 0 Å². The van der Waals surface area contributed by atoms with Crippen LogP contribution in [-0.4, -0.2) is 25.4 Å². The number of hydrogen-bond acceptors (Lipinski definition) is 2. The molecule has 1 amide bonds. The fourth-order valence-corrected chi connectivity index (χ4v) is 1.40. The molecule has 0 radical (unpaired) electrons. The van der Waals surface area contributed by atoms with Gasteiger partial charge in [0.05, 0.1) is 5.56 Å². The van der Waals surface area contributed by atoms with Crippen LogP contribution in [0, 0.1) is 0 Å². The summed E-state index contributed by atoms with van der Waals surface area (Å²) in [6.07, 6.45) is 0.787. The first-order valence-corrected chi connectivity index (χ1v) is 5.44. The van der Waals surface area contributed by atoms with Gasteiger partial charge in [0, 0.05) is 25.2 Å². The summed E-state index contributed by atoms with van der Waals surface area (Å²) in [5.41, 5.74) is 1.50. The van der Waals surface area contributed by atoms with Crippen molar-refractivity contribution in [3.63, 3.8) is 0 Å². The van der Waals surface area contributed by atoms with Crippen molar-refractivity contribution in [1.82, 2.24) is 5.32 Å². The van der Waals surface area contributed by atoms with Crippen LogP contribution in [0.2, 0.25) is 0 Å². The highest BCUT2D eigenvalue weighted by molar-refractivity contribution is 6.17. The van der Waals surface area contributed by atoms with Crippen molar-refractivity contribution < 1.29 is 4.79 Å². The number of alkyl halides is 1. The Morgan fingerprint density at radius 3 is 2.80 bits per heavy atom. The summed E-state index contributed by atoms with van der Waals surface area (Å²) in [7, 11) is 1.80. The Bertz CT molecular complexity index is 328. The molecular formula is C11H15ClN2O. The summed E-state index contributed by atoms with van der Waals surface area (Å²) in [6, 6.07) is 7.40. The maximum atomic E-state index is 11.7. The van der Waals surface area contributed by atoms with Gasteiger partial charge in [0.15, 0.2) is 0 Å². The van der Waals surface area contributed by atoms with Gasteiger partial charge >= 0.3 is 0 Å². The van der Waals surface area contributed by atoms with E-state index in [1.165, 1.54) is 0 Å². The lowest BCUT2D eigenvalue weighted by Crippen LogP contribution is -2.25. The highest BCUT2D eigenvalue weighted by Crippen LogP contribution is 2.13. The lowest BCUT2D eigenvalue weighted by atomic mass is 10.1. The first kappa shape index (κ1) is 11.9. The van der Waals surface area contributed by atoms with Crippen molar-refractivity contribution in [3.05, 3.63) is 29.8 Å². The summed E-state index contributed by atoms with van der Waals surface area (Å²) in [6.45, 7) is 0.611. The van der Waals surface area contributed by atoms with Crippen molar-refractivity contribution in [2.45, 2.75) is 6.42 Å². The molecule has 0 atom stereocenters.